The molecule has 1 saturated carbocycles. The van der Waals surface area contributed by atoms with E-state index in [4.69, 9.17) is 14.2 Å². The van der Waals surface area contributed by atoms with E-state index in [1.165, 1.54) is 0 Å². The topological polar surface area (TPSA) is 77.0 Å². The molecule has 1 amide bonds. The van der Waals surface area contributed by atoms with Crippen LogP contribution in [0.2, 0.25) is 0 Å². The summed E-state index contributed by atoms with van der Waals surface area (Å²) in [7, 11) is 3.11. The molecule has 0 spiro atoms. The normalized spacial score (nSPS) is 27.3. The predicted octanol–water partition coefficient (Wildman–Crippen LogP) is 4.24. The highest BCUT2D eigenvalue weighted by Gasteiger charge is 2.73. The molecule has 2 aliphatic rings. The molecule has 0 aromatic heterocycles. The van der Waals surface area contributed by atoms with E-state index in [2.05, 4.69) is 21.2 Å². The molecule has 3 aromatic rings. The first kappa shape index (κ1) is 21.8. The van der Waals surface area contributed by atoms with Crippen LogP contribution in [-0.4, -0.2) is 31.8 Å². The molecule has 1 aliphatic carbocycles. The fourth-order valence-electron chi connectivity index (χ4n) is 5.58. The Morgan fingerprint density at radius 1 is 1.09 bits per heavy atom. The van der Waals surface area contributed by atoms with Crippen molar-refractivity contribution in [2.45, 2.75) is 29.6 Å². The number of rotatable bonds is 6. The standard InChI is InChI=1S/C26H24BrNO5/c1-31-19-12-21(32-2)24-22(13-19)33-26(17-8-10-18(27)11-9-17)20(16-6-4-3-5-7-16)14-23(28-15-29)25(24,26)30/h3-13,15,20,23,30H,14H2,1-2H3,(H,28,29)/t20-,23+,25+,26-/m0/s1. The fourth-order valence-corrected chi connectivity index (χ4v) is 5.85. The number of carbonyl (C=O) groups is 1. The van der Waals surface area contributed by atoms with Gasteiger partial charge in [-0.25, -0.2) is 0 Å². The predicted molar refractivity (Wildman–Crippen MR) is 127 cm³/mol. The van der Waals surface area contributed by atoms with Gasteiger partial charge in [-0.05, 0) is 29.7 Å². The minimum atomic E-state index is -1.60. The molecule has 4 atom stereocenters. The fraction of sp³-hybridized carbons (Fsp3) is 0.269. The molecule has 170 valence electrons. The number of ether oxygens (including phenoxy) is 3. The molecule has 0 radical (unpaired) electrons. The van der Waals surface area contributed by atoms with Gasteiger partial charge in [0, 0.05) is 22.5 Å². The molecule has 5 rings (SSSR count). The second kappa shape index (κ2) is 8.08. The maximum Gasteiger partial charge on any atom is 0.207 e. The van der Waals surface area contributed by atoms with Crippen molar-refractivity contribution in [3.8, 4) is 17.2 Å². The Bertz CT molecular complexity index is 1190. The summed E-state index contributed by atoms with van der Waals surface area (Å²) in [4.78, 5) is 11.7. The summed E-state index contributed by atoms with van der Waals surface area (Å²) in [6.45, 7) is 0. The molecule has 1 fully saturated rings. The number of hydrogen-bond donors (Lipinski definition) is 2. The zero-order valence-electron chi connectivity index (χ0n) is 18.2. The number of amides is 1. The minimum Gasteiger partial charge on any atom is -0.496 e. The zero-order chi connectivity index (χ0) is 23.2. The number of hydrogen-bond acceptors (Lipinski definition) is 5. The average molecular weight is 510 g/mol. The van der Waals surface area contributed by atoms with Crippen molar-refractivity contribution < 1.29 is 24.1 Å². The average Bonchev–Trinajstić information content (AvgIpc) is 3.25. The molecule has 1 heterocycles. The van der Waals surface area contributed by atoms with Crippen LogP contribution >= 0.6 is 15.9 Å². The molecular weight excluding hydrogens is 486 g/mol. The van der Waals surface area contributed by atoms with Crippen LogP contribution in [0.15, 0.2) is 71.2 Å². The first-order valence-corrected chi connectivity index (χ1v) is 11.5. The van der Waals surface area contributed by atoms with Gasteiger partial charge in [0.25, 0.3) is 0 Å². The van der Waals surface area contributed by atoms with Crippen LogP contribution in [-0.2, 0) is 16.0 Å². The zero-order valence-corrected chi connectivity index (χ0v) is 19.8. The number of benzene rings is 3. The summed E-state index contributed by atoms with van der Waals surface area (Å²) >= 11 is 3.51. The molecule has 1 aliphatic heterocycles. The van der Waals surface area contributed by atoms with E-state index in [0.29, 0.717) is 35.6 Å². The van der Waals surface area contributed by atoms with E-state index in [1.54, 1.807) is 26.4 Å². The van der Waals surface area contributed by atoms with Crippen molar-refractivity contribution in [2.75, 3.05) is 14.2 Å². The highest BCUT2D eigenvalue weighted by Crippen LogP contribution is 2.68. The number of nitrogens with one attached hydrogen (secondary N) is 1. The van der Waals surface area contributed by atoms with Crippen molar-refractivity contribution in [2.24, 2.45) is 0 Å². The Labute approximate surface area is 200 Å². The molecule has 0 unspecified atom stereocenters. The Morgan fingerprint density at radius 3 is 2.45 bits per heavy atom. The number of aliphatic hydroxyl groups is 1. The van der Waals surface area contributed by atoms with Gasteiger partial charge in [-0.3, -0.25) is 4.79 Å². The summed E-state index contributed by atoms with van der Waals surface area (Å²) in [6, 6.07) is 20.6. The molecule has 33 heavy (non-hydrogen) atoms. The van der Waals surface area contributed by atoms with Gasteiger partial charge in [-0.15, -0.1) is 0 Å². The van der Waals surface area contributed by atoms with Crippen LogP contribution in [0.3, 0.4) is 0 Å². The van der Waals surface area contributed by atoms with Gasteiger partial charge in [0.2, 0.25) is 6.41 Å². The maximum absolute atomic E-state index is 12.7. The molecular formula is C26H24BrNO5. The molecule has 6 nitrogen and oxygen atoms in total. The van der Waals surface area contributed by atoms with Crippen LogP contribution in [0, 0.1) is 0 Å². The van der Waals surface area contributed by atoms with Gasteiger partial charge in [-0.2, -0.15) is 0 Å². The Morgan fingerprint density at radius 2 is 1.82 bits per heavy atom. The van der Waals surface area contributed by atoms with Gasteiger partial charge >= 0.3 is 0 Å². The van der Waals surface area contributed by atoms with Gasteiger partial charge in [0.05, 0.1) is 25.8 Å². The lowest BCUT2D eigenvalue weighted by Crippen LogP contribution is -2.55. The third-order valence-electron chi connectivity index (χ3n) is 6.92. The van der Waals surface area contributed by atoms with Crippen LogP contribution < -0.4 is 19.5 Å². The second-order valence-corrected chi connectivity index (χ2v) is 9.27. The number of carbonyl (C=O) groups excluding carboxylic acids is 1. The molecule has 7 heteroatoms. The summed E-state index contributed by atoms with van der Waals surface area (Å²) in [5, 5.41) is 15.6. The molecule has 0 bridgehead atoms. The van der Waals surface area contributed by atoms with Crippen molar-refractivity contribution in [1.29, 1.82) is 0 Å². The minimum absolute atomic E-state index is 0.259. The van der Waals surface area contributed by atoms with Crippen LogP contribution in [0.4, 0.5) is 0 Å². The van der Waals surface area contributed by atoms with Crippen LogP contribution in [0.1, 0.15) is 29.0 Å². The molecule has 2 N–H and O–H groups in total. The highest BCUT2D eigenvalue weighted by molar-refractivity contribution is 9.10. The SMILES string of the molecule is COc1cc(OC)c2c(c1)O[C@@]1(c3ccc(Br)cc3)[C@H](c3ccccc3)C[C@@H](NC=O)[C@@]21O. The lowest BCUT2D eigenvalue weighted by molar-refractivity contribution is -0.126. The van der Waals surface area contributed by atoms with E-state index in [-0.39, 0.29) is 5.92 Å². The quantitative estimate of drug-likeness (QED) is 0.486. The smallest absolute Gasteiger partial charge is 0.207 e. The second-order valence-electron chi connectivity index (χ2n) is 8.35. The van der Waals surface area contributed by atoms with Crippen LogP contribution in [0.5, 0.6) is 17.2 Å². The Kier molecular flexibility index (Phi) is 5.34. The van der Waals surface area contributed by atoms with Gasteiger partial charge < -0.3 is 24.6 Å². The van der Waals surface area contributed by atoms with Crippen molar-refractivity contribution in [3.63, 3.8) is 0 Å². The van der Waals surface area contributed by atoms with Gasteiger partial charge in [-0.1, -0.05) is 58.4 Å². The maximum atomic E-state index is 12.7. The van der Waals surface area contributed by atoms with Crippen molar-refractivity contribution in [3.05, 3.63) is 87.9 Å². The first-order valence-electron chi connectivity index (χ1n) is 10.7. The summed E-state index contributed by atoms with van der Waals surface area (Å²) in [5.41, 5.74) is -0.499. The third kappa shape index (κ3) is 2.99. The number of halogens is 1. The summed E-state index contributed by atoms with van der Waals surface area (Å²) in [5.74, 6) is 1.20. The molecule has 3 aromatic carbocycles. The van der Waals surface area contributed by atoms with E-state index in [1.807, 2.05) is 54.6 Å². The lowest BCUT2D eigenvalue weighted by Gasteiger charge is -2.41. The summed E-state index contributed by atoms with van der Waals surface area (Å²) < 4.78 is 18.9. The van der Waals surface area contributed by atoms with Gasteiger partial charge in [0.15, 0.2) is 11.2 Å². The highest BCUT2D eigenvalue weighted by atomic mass is 79.9. The Hall–Kier alpha value is -3.03. The largest absolute Gasteiger partial charge is 0.496 e. The Balaban J connectivity index is 1.84. The lowest BCUT2D eigenvalue weighted by atomic mass is 9.71. The molecule has 0 saturated heterocycles. The number of methoxy groups -OCH3 is 2. The van der Waals surface area contributed by atoms with E-state index < -0.39 is 17.2 Å². The van der Waals surface area contributed by atoms with E-state index in [9.17, 15) is 9.90 Å². The van der Waals surface area contributed by atoms with E-state index in [0.717, 1.165) is 15.6 Å². The number of fused-ring (bicyclic) bond motifs is 3. The van der Waals surface area contributed by atoms with Crippen molar-refractivity contribution >= 4 is 22.3 Å². The third-order valence-corrected chi connectivity index (χ3v) is 7.45. The first-order chi connectivity index (χ1) is 16.0. The monoisotopic (exact) mass is 509 g/mol. The van der Waals surface area contributed by atoms with Crippen LogP contribution in [0.25, 0.3) is 0 Å². The van der Waals surface area contributed by atoms with Gasteiger partial charge in [0.1, 0.15) is 17.2 Å². The van der Waals surface area contributed by atoms with Crippen molar-refractivity contribution in [1.82, 2.24) is 5.32 Å². The van der Waals surface area contributed by atoms with E-state index >= 15 is 0 Å². The summed E-state index contributed by atoms with van der Waals surface area (Å²) in [6.07, 6.45) is 1.11.